The molecule has 3 aromatic rings. The summed E-state index contributed by atoms with van der Waals surface area (Å²) >= 11 is 7.35. The fourth-order valence-electron chi connectivity index (χ4n) is 3.69. The molecular formula is C24H27ClN10O3S. The van der Waals surface area contributed by atoms with Gasteiger partial charge in [-0.3, -0.25) is 30.7 Å². The molecule has 204 valence electrons. The van der Waals surface area contributed by atoms with Crippen molar-refractivity contribution in [1.82, 2.24) is 30.3 Å². The van der Waals surface area contributed by atoms with E-state index in [4.69, 9.17) is 11.6 Å². The number of rotatable bonds is 9. The van der Waals surface area contributed by atoms with E-state index in [2.05, 4.69) is 58.2 Å². The van der Waals surface area contributed by atoms with Gasteiger partial charge in [-0.25, -0.2) is 4.98 Å². The number of amides is 2. The van der Waals surface area contributed by atoms with Gasteiger partial charge in [-0.05, 0) is 31.4 Å². The van der Waals surface area contributed by atoms with E-state index in [0.29, 0.717) is 46.3 Å². The highest BCUT2D eigenvalue weighted by atomic mass is 35.5. The van der Waals surface area contributed by atoms with Gasteiger partial charge in [0.25, 0.3) is 5.91 Å². The van der Waals surface area contributed by atoms with Crippen molar-refractivity contribution in [3.63, 3.8) is 0 Å². The lowest BCUT2D eigenvalue weighted by Gasteiger charge is -2.34. The van der Waals surface area contributed by atoms with Crippen molar-refractivity contribution in [2.24, 2.45) is 0 Å². The number of carbonyl (C=O) groups excluding carboxylic acids is 2. The highest BCUT2D eigenvalue weighted by Crippen LogP contribution is 2.28. The van der Waals surface area contributed by atoms with Crippen molar-refractivity contribution >= 4 is 63.4 Å². The molecule has 0 saturated carbocycles. The Kier molecular flexibility index (Phi) is 9.45. The zero-order chi connectivity index (χ0) is 27.8. The van der Waals surface area contributed by atoms with Crippen LogP contribution in [0.15, 0.2) is 24.4 Å². The third-order valence-corrected chi connectivity index (χ3v) is 6.86. The number of nitrogens with one attached hydrogen (secondary N) is 4. The Morgan fingerprint density at radius 1 is 1.15 bits per heavy atom. The number of thiazole rings is 1. The molecule has 0 aliphatic carbocycles. The first-order chi connectivity index (χ1) is 18.9. The van der Waals surface area contributed by atoms with Crippen LogP contribution in [0, 0.1) is 18.8 Å². The van der Waals surface area contributed by atoms with Gasteiger partial charge < -0.3 is 15.3 Å². The summed E-state index contributed by atoms with van der Waals surface area (Å²) in [7, 11) is 0. The summed E-state index contributed by atoms with van der Waals surface area (Å²) in [6, 6.07) is 5.37. The van der Waals surface area contributed by atoms with E-state index in [1.54, 1.807) is 13.0 Å². The van der Waals surface area contributed by atoms with Gasteiger partial charge in [-0.15, -0.1) is 0 Å². The Balaban J connectivity index is 1.51. The molecule has 1 aliphatic heterocycles. The Bertz CT molecular complexity index is 1380. The van der Waals surface area contributed by atoms with E-state index in [0.717, 1.165) is 30.0 Å². The van der Waals surface area contributed by atoms with E-state index in [9.17, 15) is 14.7 Å². The first-order valence-electron chi connectivity index (χ1n) is 12.0. The number of halogens is 1. The SMILES string of the molecule is CC#CC(=O)NNc1nc(Nc2ncc(C(=O)Nc3c(C)cccc3Cl)s2)nc(N2CCN(CCO)CC2)n1. The molecule has 4 rings (SSSR count). The number of β-amino-alcohol motifs (C(OH)–C–C–N with tert-alkyl or cyclic N) is 1. The second-order valence-electron chi connectivity index (χ2n) is 8.33. The Morgan fingerprint density at radius 3 is 2.64 bits per heavy atom. The summed E-state index contributed by atoms with van der Waals surface area (Å²) in [5.41, 5.74) is 6.46. The van der Waals surface area contributed by atoms with Crippen molar-refractivity contribution in [2.45, 2.75) is 13.8 Å². The average Bonchev–Trinajstić information content (AvgIpc) is 3.39. The Labute approximate surface area is 234 Å². The first-order valence-corrected chi connectivity index (χ1v) is 13.2. The van der Waals surface area contributed by atoms with Crippen LogP contribution in [0.4, 0.5) is 28.7 Å². The number of carbonyl (C=O) groups is 2. The molecule has 3 heterocycles. The largest absolute Gasteiger partial charge is 0.395 e. The minimum absolute atomic E-state index is 0.0928. The smallest absolute Gasteiger partial charge is 0.314 e. The number of aryl methyl sites for hydroxylation is 1. The number of aromatic nitrogens is 4. The molecule has 15 heteroatoms. The molecule has 2 aromatic heterocycles. The molecule has 13 nitrogen and oxygen atoms in total. The highest BCUT2D eigenvalue weighted by Gasteiger charge is 2.21. The molecule has 2 amide bonds. The van der Waals surface area contributed by atoms with Gasteiger partial charge in [0.15, 0.2) is 5.13 Å². The lowest BCUT2D eigenvalue weighted by Crippen LogP contribution is -2.47. The molecule has 1 fully saturated rings. The first kappa shape index (κ1) is 28.0. The number of aliphatic hydroxyl groups excluding tert-OH is 1. The number of nitrogens with zero attached hydrogens (tertiary/aromatic N) is 6. The third-order valence-electron chi connectivity index (χ3n) is 5.63. The van der Waals surface area contributed by atoms with Crippen LogP contribution in [-0.2, 0) is 4.79 Å². The van der Waals surface area contributed by atoms with Crippen LogP contribution in [0.3, 0.4) is 0 Å². The van der Waals surface area contributed by atoms with Crippen LogP contribution < -0.4 is 26.4 Å². The number of para-hydroxylation sites is 1. The van der Waals surface area contributed by atoms with Gasteiger partial charge in [0.05, 0.1) is 23.5 Å². The quantitative estimate of drug-likeness (QED) is 0.189. The van der Waals surface area contributed by atoms with Gasteiger partial charge in [0, 0.05) is 32.7 Å². The van der Waals surface area contributed by atoms with Crippen LogP contribution >= 0.6 is 22.9 Å². The summed E-state index contributed by atoms with van der Waals surface area (Å²) in [5, 5.41) is 15.9. The lowest BCUT2D eigenvalue weighted by molar-refractivity contribution is -0.115. The second kappa shape index (κ2) is 13.2. The fraction of sp³-hybridized carbons (Fsp3) is 0.333. The van der Waals surface area contributed by atoms with Crippen molar-refractivity contribution < 1.29 is 14.7 Å². The lowest BCUT2D eigenvalue weighted by atomic mass is 10.2. The summed E-state index contributed by atoms with van der Waals surface area (Å²) in [5.74, 6) is 4.62. The minimum atomic E-state index is -0.545. The van der Waals surface area contributed by atoms with Crippen LogP contribution in [0.5, 0.6) is 0 Å². The number of aliphatic hydroxyl groups is 1. The van der Waals surface area contributed by atoms with E-state index in [1.165, 1.54) is 6.20 Å². The van der Waals surface area contributed by atoms with Crippen molar-refractivity contribution in [3.05, 3.63) is 39.9 Å². The number of piperazine rings is 1. The zero-order valence-corrected chi connectivity index (χ0v) is 22.9. The van der Waals surface area contributed by atoms with E-state index in [1.807, 2.05) is 24.0 Å². The predicted molar refractivity (Wildman–Crippen MR) is 150 cm³/mol. The Morgan fingerprint density at radius 2 is 1.92 bits per heavy atom. The van der Waals surface area contributed by atoms with Gasteiger partial charge in [0.1, 0.15) is 4.88 Å². The van der Waals surface area contributed by atoms with Crippen LogP contribution in [0.2, 0.25) is 5.02 Å². The number of hydrogen-bond donors (Lipinski definition) is 5. The minimum Gasteiger partial charge on any atom is -0.395 e. The van der Waals surface area contributed by atoms with Gasteiger partial charge in [-0.2, -0.15) is 15.0 Å². The topological polar surface area (TPSA) is 161 Å². The second-order valence-corrected chi connectivity index (χ2v) is 9.77. The number of benzene rings is 1. The van der Waals surface area contributed by atoms with Gasteiger partial charge in [0.2, 0.25) is 17.8 Å². The molecule has 1 aromatic carbocycles. The molecule has 0 radical (unpaired) electrons. The molecular weight excluding hydrogens is 544 g/mol. The average molecular weight is 571 g/mol. The van der Waals surface area contributed by atoms with E-state index in [-0.39, 0.29) is 24.4 Å². The molecule has 0 spiro atoms. The predicted octanol–water partition coefficient (Wildman–Crippen LogP) is 1.87. The monoisotopic (exact) mass is 570 g/mol. The van der Waals surface area contributed by atoms with E-state index < -0.39 is 5.91 Å². The maximum absolute atomic E-state index is 12.8. The van der Waals surface area contributed by atoms with Crippen molar-refractivity contribution in [3.8, 4) is 11.8 Å². The van der Waals surface area contributed by atoms with Crippen molar-refractivity contribution in [2.75, 3.05) is 60.3 Å². The summed E-state index contributed by atoms with van der Waals surface area (Å²) < 4.78 is 0. The standard InChI is InChI=1S/C24H27ClN10O3S/c1-3-5-18(37)32-33-22-28-21(29-23(30-22)35-10-8-34(9-11-35)12-13-36)31-24-26-14-17(39-24)20(38)27-19-15(2)6-4-7-16(19)25/h4,6-7,14,36H,8-13H2,1-2H3,(H,27,38)(H,32,37)(H2,26,28,29,30,31,33). The molecule has 0 bridgehead atoms. The molecule has 0 atom stereocenters. The summed E-state index contributed by atoms with van der Waals surface area (Å²) in [4.78, 5) is 46.6. The van der Waals surface area contributed by atoms with Gasteiger partial charge in [-0.1, -0.05) is 41.0 Å². The third kappa shape index (κ3) is 7.52. The normalized spacial score (nSPS) is 13.3. The van der Waals surface area contributed by atoms with E-state index >= 15 is 0 Å². The molecule has 1 aliphatic rings. The molecule has 5 N–H and O–H groups in total. The summed E-state index contributed by atoms with van der Waals surface area (Å²) in [6.45, 7) is 6.85. The van der Waals surface area contributed by atoms with Gasteiger partial charge >= 0.3 is 5.91 Å². The maximum atomic E-state index is 12.8. The van der Waals surface area contributed by atoms with Crippen LogP contribution in [0.25, 0.3) is 0 Å². The molecule has 39 heavy (non-hydrogen) atoms. The van der Waals surface area contributed by atoms with Crippen molar-refractivity contribution in [1.29, 1.82) is 0 Å². The fourth-order valence-corrected chi connectivity index (χ4v) is 4.66. The number of hydrazine groups is 1. The number of anilines is 5. The number of hydrogen-bond acceptors (Lipinski definition) is 12. The molecule has 0 unspecified atom stereocenters. The zero-order valence-electron chi connectivity index (χ0n) is 21.3. The van der Waals surface area contributed by atoms with Crippen LogP contribution in [0.1, 0.15) is 22.2 Å². The molecule has 1 saturated heterocycles. The summed E-state index contributed by atoms with van der Waals surface area (Å²) in [6.07, 6.45) is 1.44. The maximum Gasteiger partial charge on any atom is 0.314 e. The Hall–Kier alpha value is -4.03. The highest BCUT2D eigenvalue weighted by molar-refractivity contribution is 7.17. The van der Waals surface area contributed by atoms with Crippen LogP contribution in [-0.4, -0.2) is 81.1 Å².